The average Bonchev–Trinajstić information content (AvgIpc) is 3.38. The molecular formula is C17H29IN4O4S2. The maximum Gasteiger partial charge on any atom is 0.250 e. The molecule has 2 fully saturated rings. The van der Waals surface area contributed by atoms with Gasteiger partial charge in [0.05, 0.1) is 19.3 Å². The first-order chi connectivity index (χ1) is 13.1. The number of thiophene rings is 1. The van der Waals surface area contributed by atoms with Crippen molar-refractivity contribution in [1.82, 2.24) is 14.9 Å². The van der Waals surface area contributed by atoms with E-state index in [2.05, 4.69) is 19.9 Å². The average molecular weight is 544 g/mol. The van der Waals surface area contributed by atoms with Gasteiger partial charge in [-0.05, 0) is 31.2 Å². The zero-order valence-electron chi connectivity index (χ0n) is 16.0. The van der Waals surface area contributed by atoms with E-state index in [1.54, 1.807) is 17.5 Å². The second kappa shape index (κ2) is 11.6. The number of halogens is 1. The van der Waals surface area contributed by atoms with E-state index >= 15 is 0 Å². The highest BCUT2D eigenvalue weighted by atomic mass is 127. The van der Waals surface area contributed by atoms with Crippen molar-refractivity contribution in [3.63, 3.8) is 0 Å². The predicted molar refractivity (Wildman–Crippen MR) is 121 cm³/mol. The van der Waals surface area contributed by atoms with Crippen molar-refractivity contribution in [2.24, 2.45) is 4.99 Å². The molecule has 0 bridgehead atoms. The largest absolute Gasteiger partial charge is 0.375 e. The van der Waals surface area contributed by atoms with Gasteiger partial charge in [0.25, 0.3) is 0 Å². The van der Waals surface area contributed by atoms with Gasteiger partial charge >= 0.3 is 0 Å². The number of morpholine rings is 1. The van der Waals surface area contributed by atoms with Gasteiger partial charge in [0.2, 0.25) is 10.0 Å². The predicted octanol–water partition coefficient (Wildman–Crippen LogP) is 1.49. The second-order valence-electron chi connectivity index (χ2n) is 6.47. The Balaban J connectivity index is 0.00000280. The molecular weight excluding hydrogens is 515 g/mol. The van der Waals surface area contributed by atoms with E-state index in [0.29, 0.717) is 17.4 Å². The van der Waals surface area contributed by atoms with Gasteiger partial charge in [-0.15, -0.1) is 35.3 Å². The lowest BCUT2D eigenvalue weighted by Crippen LogP contribution is -2.53. The van der Waals surface area contributed by atoms with Gasteiger partial charge in [-0.25, -0.2) is 13.1 Å². The first kappa shape index (κ1) is 23.8. The number of hydrogen-bond acceptors (Lipinski definition) is 6. The summed E-state index contributed by atoms with van der Waals surface area (Å²) in [7, 11) is -3.44. The number of nitrogens with zero attached hydrogens (tertiary/aromatic N) is 2. The Morgan fingerprint density at radius 1 is 1.36 bits per heavy atom. The summed E-state index contributed by atoms with van der Waals surface area (Å²) in [4.78, 5) is 6.77. The topological polar surface area (TPSA) is 92.3 Å². The lowest BCUT2D eigenvalue weighted by molar-refractivity contribution is -0.0817. The van der Waals surface area contributed by atoms with Crippen LogP contribution in [0.1, 0.15) is 19.8 Å². The Hall–Kier alpha value is -0.470. The van der Waals surface area contributed by atoms with E-state index in [9.17, 15) is 8.42 Å². The third kappa shape index (κ3) is 6.52. The number of hydrogen-bond donors (Lipinski definition) is 2. The van der Waals surface area contributed by atoms with Gasteiger partial charge in [0, 0.05) is 32.8 Å². The molecule has 0 spiro atoms. The molecule has 8 nitrogen and oxygen atoms in total. The highest BCUT2D eigenvalue weighted by Crippen LogP contribution is 2.21. The van der Waals surface area contributed by atoms with Crippen LogP contribution in [0, 0.1) is 0 Å². The van der Waals surface area contributed by atoms with E-state index in [1.807, 2.05) is 6.92 Å². The minimum Gasteiger partial charge on any atom is -0.375 e. The van der Waals surface area contributed by atoms with Crippen LogP contribution in [0.25, 0.3) is 0 Å². The van der Waals surface area contributed by atoms with Crippen LogP contribution in [-0.4, -0.2) is 77.4 Å². The monoisotopic (exact) mass is 544 g/mol. The molecule has 2 atom stereocenters. The Morgan fingerprint density at radius 3 is 2.86 bits per heavy atom. The first-order valence-electron chi connectivity index (χ1n) is 9.40. The lowest BCUT2D eigenvalue weighted by Gasteiger charge is -2.37. The third-order valence-electron chi connectivity index (χ3n) is 4.53. The Kier molecular flexibility index (Phi) is 9.90. The summed E-state index contributed by atoms with van der Waals surface area (Å²) >= 11 is 1.20. The van der Waals surface area contributed by atoms with E-state index in [0.717, 1.165) is 45.0 Å². The third-order valence-corrected chi connectivity index (χ3v) is 7.39. The minimum absolute atomic E-state index is 0. The van der Waals surface area contributed by atoms with Crippen molar-refractivity contribution in [1.29, 1.82) is 0 Å². The Bertz CT molecular complexity index is 709. The summed E-state index contributed by atoms with van der Waals surface area (Å²) in [6.07, 6.45) is 2.34. The zero-order valence-corrected chi connectivity index (χ0v) is 20.0. The number of sulfonamides is 1. The van der Waals surface area contributed by atoms with Crippen molar-refractivity contribution in [2.45, 2.75) is 36.2 Å². The van der Waals surface area contributed by atoms with Crippen molar-refractivity contribution in [2.75, 3.05) is 45.9 Å². The van der Waals surface area contributed by atoms with E-state index in [-0.39, 0.29) is 42.7 Å². The van der Waals surface area contributed by atoms with Crippen LogP contribution in [0.3, 0.4) is 0 Å². The number of guanidine groups is 1. The molecule has 0 aromatic carbocycles. The molecule has 3 heterocycles. The smallest absolute Gasteiger partial charge is 0.250 e. The van der Waals surface area contributed by atoms with Crippen LogP contribution >= 0.6 is 35.3 Å². The Labute approximate surface area is 188 Å². The zero-order chi connectivity index (χ0) is 19.1. The molecule has 2 aliphatic heterocycles. The molecule has 0 aliphatic carbocycles. The molecule has 2 N–H and O–H groups in total. The van der Waals surface area contributed by atoms with E-state index in [4.69, 9.17) is 9.47 Å². The maximum atomic E-state index is 12.1. The van der Waals surface area contributed by atoms with Crippen LogP contribution in [0.4, 0.5) is 0 Å². The van der Waals surface area contributed by atoms with E-state index in [1.165, 1.54) is 11.3 Å². The first-order valence-corrected chi connectivity index (χ1v) is 11.8. The van der Waals surface area contributed by atoms with Crippen LogP contribution in [-0.2, 0) is 19.5 Å². The Morgan fingerprint density at radius 2 is 2.18 bits per heavy atom. The molecule has 0 saturated carbocycles. The summed E-state index contributed by atoms with van der Waals surface area (Å²) in [6.45, 7) is 6.34. The van der Waals surface area contributed by atoms with Crippen LogP contribution in [0.15, 0.2) is 26.7 Å². The molecule has 2 unspecified atom stereocenters. The van der Waals surface area contributed by atoms with Crippen molar-refractivity contribution < 1.29 is 17.9 Å². The summed E-state index contributed by atoms with van der Waals surface area (Å²) in [5.41, 5.74) is 0. The summed E-state index contributed by atoms with van der Waals surface area (Å²) in [5.74, 6) is 0.791. The van der Waals surface area contributed by atoms with Gasteiger partial charge in [-0.3, -0.25) is 4.99 Å². The summed E-state index contributed by atoms with van der Waals surface area (Å²) < 4.78 is 38.9. The van der Waals surface area contributed by atoms with E-state index < -0.39 is 10.0 Å². The fourth-order valence-corrected chi connectivity index (χ4v) is 5.30. The van der Waals surface area contributed by atoms with Gasteiger partial charge < -0.3 is 19.7 Å². The molecule has 0 radical (unpaired) electrons. The second-order valence-corrected chi connectivity index (χ2v) is 9.41. The minimum atomic E-state index is -3.44. The van der Waals surface area contributed by atoms with Crippen LogP contribution in [0.5, 0.6) is 0 Å². The molecule has 2 saturated heterocycles. The molecule has 11 heteroatoms. The number of nitrogens with one attached hydrogen (secondary N) is 2. The number of rotatable bonds is 7. The highest BCUT2D eigenvalue weighted by molar-refractivity contribution is 14.0. The van der Waals surface area contributed by atoms with Crippen LogP contribution < -0.4 is 10.0 Å². The molecule has 160 valence electrons. The molecule has 1 aromatic heterocycles. The van der Waals surface area contributed by atoms with Crippen LogP contribution in [0.2, 0.25) is 0 Å². The standard InChI is InChI=1S/C17H28N4O4S2.HI/c1-2-18-17(19-7-8-20-27(22,23)16-6-4-12-26-16)21-9-11-25-15(13-21)14-5-3-10-24-14;/h4,6,12,14-15,20H,2-3,5,7-11,13H2,1H3,(H,18,19);1H. The molecule has 28 heavy (non-hydrogen) atoms. The fraction of sp³-hybridized carbons (Fsp3) is 0.706. The van der Waals surface area contributed by atoms with Gasteiger partial charge in [0.15, 0.2) is 5.96 Å². The quantitative estimate of drug-likeness (QED) is 0.234. The van der Waals surface area contributed by atoms with Crippen molar-refractivity contribution >= 4 is 51.3 Å². The lowest BCUT2D eigenvalue weighted by atomic mass is 10.1. The van der Waals surface area contributed by atoms with Crippen molar-refractivity contribution in [3.05, 3.63) is 17.5 Å². The number of aliphatic imine (C=N–C) groups is 1. The highest BCUT2D eigenvalue weighted by Gasteiger charge is 2.32. The SMILES string of the molecule is CCNC(=NCCNS(=O)(=O)c1cccs1)N1CCOC(C2CCCO2)C1.I. The normalized spacial score (nSPS) is 23.5. The van der Waals surface area contributed by atoms with Gasteiger partial charge in [-0.2, -0.15) is 0 Å². The van der Waals surface area contributed by atoms with Gasteiger partial charge in [0.1, 0.15) is 10.3 Å². The van der Waals surface area contributed by atoms with Gasteiger partial charge in [-0.1, -0.05) is 6.07 Å². The van der Waals surface area contributed by atoms with Crippen molar-refractivity contribution in [3.8, 4) is 0 Å². The molecule has 2 aliphatic rings. The molecule has 0 amide bonds. The summed E-state index contributed by atoms with van der Waals surface area (Å²) in [6, 6.07) is 3.32. The maximum absolute atomic E-state index is 12.1. The fourth-order valence-electron chi connectivity index (χ4n) is 3.24. The number of ether oxygens (including phenoxy) is 2. The summed E-state index contributed by atoms with van der Waals surface area (Å²) in [5, 5.41) is 5.04. The molecule has 3 rings (SSSR count). The molecule has 1 aromatic rings.